The predicted octanol–water partition coefficient (Wildman–Crippen LogP) is 3.69. The zero-order chi connectivity index (χ0) is 12.3. The van der Waals surface area contributed by atoms with Crippen LogP contribution in [-0.4, -0.2) is 12.6 Å². The van der Waals surface area contributed by atoms with Crippen molar-refractivity contribution in [2.24, 2.45) is 11.7 Å². The summed E-state index contributed by atoms with van der Waals surface area (Å²) in [5.41, 5.74) is 8.54. The lowest BCUT2D eigenvalue weighted by molar-refractivity contribution is 0.335. The molecule has 0 bridgehead atoms. The van der Waals surface area contributed by atoms with Crippen LogP contribution in [0.3, 0.4) is 0 Å². The van der Waals surface area contributed by atoms with E-state index in [0.717, 1.165) is 16.9 Å². The summed E-state index contributed by atoms with van der Waals surface area (Å²) in [6.45, 7) is 3.19. The predicted molar refractivity (Wildman–Crippen MR) is 77.3 cm³/mol. The molecule has 0 radical (unpaired) electrons. The average Bonchev–Trinajstić information content (AvgIpc) is 2.28. The number of aryl methyl sites for hydroxylation is 1. The SMILES string of the molecule is Cc1cc(Br)ccc1NCC1CCCC(N)C1. The Kier molecular flexibility index (Phi) is 4.46. The van der Waals surface area contributed by atoms with Gasteiger partial charge in [-0.05, 0) is 55.9 Å². The van der Waals surface area contributed by atoms with Crippen molar-refractivity contribution in [1.82, 2.24) is 0 Å². The Bertz CT molecular complexity index is 378. The topological polar surface area (TPSA) is 38.0 Å². The molecular weight excluding hydrogens is 276 g/mol. The molecule has 1 aromatic rings. The third-order valence-corrected chi connectivity index (χ3v) is 4.09. The summed E-state index contributed by atoms with van der Waals surface area (Å²) < 4.78 is 1.14. The molecule has 0 heterocycles. The van der Waals surface area contributed by atoms with Crippen LogP contribution in [0.15, 0.2) is 22.7 Å². The molecule has 3 heteroatoms. The minimum absolute atomic E-state index is 0.418. The quantitative estimate of drug-likeness (QED) is 0.893. The molecule has 1 saturated carbocycles. The van der Waals surface area contributed by atoms with Gasteiger partial charge in [-0.2, -0.15) is 0 Å². The Morgan fingerprint density at radius 3 is 2.94 bits per heavy atom. The Hall–Kier alpha value is -0.540. The summed E-state index contributed by atoms with van der Waals surface area (Å²) in [5.74, 6) is 0.738. The highest BCUT2D eigenvalue weighted by Crippen LogP contribution is 2.25. The van der Waals surface area contributed by atoms with Gasteiger partial charge >= 0.3 is 0 Å². The molecule has 0 spiro atoms. The lowest BCUT2D eigenvalue weighted by Crippen LogP contribution is -2.31. The van der Waals surface area contributed by atoms with Gasteiger partial charge in [-0.3, -0.25) is 0 Å². The molecule has 2 nitrogen and oxygen atoms in total. The van der Waals surface area contributed by atoms with E-state index in [-0.39, 0.29) is 0 Å². The molecule has 1 aliphatic rings. The van der Waals surface area contributed by atoms with E-state index in [1.165, 1.54) is 36.9 Å². The molecule has 0 aromatic heterocycles. The number of nitrogens with one attached hydrogen (secondary N) is 1. The Labute approximate surface area is 112 Å². The Balaban J connectivity index is 1.88. The number of hydrogen-bond acceptors (Lipinski definition) is 2. The second kappa shape index (κ2) is 5.87. The zero-order valence-corrected chi connectivity index (χ0v) is 12.0. The first-order valence-electron chi connectivity index (χ1n) is 6.41. The first kappa shape index (κ1) is 12.9. The molecule has 1 aliphatic carbocycles. The van der Waals surface area contributed by atoms with Crippen LogP contribution in [0.2, 0.25) is 0 Å². The molecule has 1 fully saturated rings. The Morgan fingerprint density at radius 2 is 2.24 bits per heavy atom. The van der Waals surface area contributed by atoms with E-state index in [1.54, 1.807) is 0 Å². The summed E-state index contributed by atoms with van der Waals surface area (Å²) in [6, 6.07) is 6.79. The van der Waals surface area contributed by atoms with Crippen molar-refractivity contribution in [1.29, 1.82) is 0 Å². The first-order chi connectivity index (χ1) is 8.15. The summed E-state index contributed by atoms with van der Waals surface area (Å²) in [6.07, 6.45) is 4.97. The highest BCUT2D eigenvalue weighted by atomic mass is 79.9. The number of benzene rings is 1. The van der Waals surface area contributed by atoms with Crippen LogP contribution in [0.4, 0.5) is 5.69 Å². The van der Waals surface area contributed by atoms with Crippen molar-refractivity contribution in [3.63, 3.8) is 0 Å². The van der Waals surface area contributed by atoms with Crippen LogP contribution >= 0.6 is 15.9 Å². The van der Waals surface area contributed by atoms with Crippen molar-refractivity contribution in [2.75, 3.05) is 11.9 Å². The van der Waals surface area contributed by atoms with E-state index in [4.69, 9.17) is 5.73 Å². The maximum atomic E-state index is 6.01. The molecule has 2 atom stereocenters. The number of nitrogens with two attached hydrogens (primary N) is 1. The van der Waals surface area contributed by atoms with Gasteiger partial charge in [0.15, 0.2) is 0 Å². The fraction of sp³-hybridized carbons (Fsp3) is 0.571. The van der Waals surface area contributed by atoms with Gasteiger partial charge in [0.05, 0.1) is 0 Å². The first-order valence-corrected chi connectivity index (χ1v) is 7.20. The molecule has 3 N–H and O–H groups in total. The lowest BCUT2D eigenvalue weighted by atomic mass is 9.86. The van der Waals surface area contributed by atoms with Crippen LogP contribution in [-0.2, 0) is 0 Å². The molecule has 0 amide bonds. The normalized spacial score (nSPS) is 24.6. The van der Waals surface area contributed by atoms with Crippen LogP contribution in [0.5, 0.6) is 0 Å². The fourth-order valence-electron chi connectivity index (χ4n) is 2.60. The molecule has 94 valence electrons. The smallest absolute Gasteiger partial charge is 0.0370 e. The van der Waals surface area contributed by atoms with Crippen LogP contribution in [0.25, 0.3) is 0 Å². The van der Waals surface area contributed by atoms with Crippen molar-refractivity contribution >= 4 is 21.6 Å². The maximum Gasteiger partial charge on any atom is 0.0370 e. The molecular formula is C14H21BrN2. The van der Waals surface area contributed by atoms with E-state index in [2.05, 4.69) is 46.4 Å². The van der Waals surface area contributed by atoms with Gasteiger partial charge in [-0.1, -0.05) is 22.4 Å². The largest absolute Gasteiger partial charge is 0.385 e. The summed E-state index contributed by atoms with van der Waals surface area (Å²) >= 11 is 3.49. The minimum Gasteiger partial charge on any atom is -0.385 e. The Morgan fingerprint density at radius 1 is 1.41 bits per heavy atom. The van der Waals surface area contributed by atoms with Crippen molar-refractivity contribution in [2.45, 2.75) is 38.6 Å². The average molecular weight is 297 g/mol. The highest BCUT2D eigenvalue weighted by Gasteiger charge is 2.18. The summed E-state index contributed by atoms with van der Waals surface area (Å²) in [7, 11) is 0. The van der Waals surface area contributed by atoms with Crippen molar-refractivity contribution in [3.05, 3.63) is 28.2 Å². The number of hydrogen-bond donors (Lipinski definition) is 2. The van der Waals surface area contributed by atoms with Crippen LogP contribution in [0.1, 0.15) is 31.2 Å². The van der Waals surface area contributed by atoms with Gasteiger partial charge < -0.3 is 11.1 Å². The van der Waals surface area contributed by atoms with Gasteiger partial charge in [0.1, 0.15) is 0 Å². The highest BCUT2D eigenvalue weighted by molar-refractivity contribution is 9.10. The van der Waals surface area contributed by atoms with Crippen LogP contribution < -0.4 is 11.1 Å². The molecule has 1 aromatic carbocycles. The molecule has 0 saturated heterocycles. The van der Waals surface area contributed by atoms with Gasteiger partial charge in [0.25, 0.3) is 0 Å². The van der Waals surface area contributed by atoms with Gasteiger partial charge in [-0.15, -0.1) is 0 Å². The van der Waals surface area contributed by atoms with Gasteiger partial charge in [0, 0.05) is 22.7 Å². The van der Waals surface area contributed by atoms with Crippen LogP contribution in [0, 0.1) is 12.8 Å². The third kappa shape index (κ3) is 3.71. The van der Waals surface area contributed by atoms with Crippen molar-refractivity contribution in [3.8, 4) is 0 Å². The second-order valence-electron chi connectivity index (χ2n) is 5.13. The lowest BCUT2D eigenvalue weighted by Gasteiger charge is -2.27. The van der Waals surface area contributed by atoms with E-state index in [0.29, 0.717) is 6.04 Å². The molecule has 2 rings (SSSR count). The minimum atomic E-state index is 0.418. The number of anilines is 1. The van der Waals surface area contributed by atoms with Gasteiger partial charge in [0.2, 0.25) is 0 Å². The molecule has 0 aliphatic heterocycles. The van der Waals surface area contributed by atoms with Crippen molar-refractivity contribution < 1.29 is 0 Å². The maximum absolute atomic E-state index is 6.01. The van der Waals surface area contributed by atoms with E-state index >= 15 is 0 Å². The van der Waals surface area contributed by atoms with E-state index in [9.17, 15) is 0 Å². The fourth-order valence-corrected chi connectivity index (χ4v) is 3.07. The van der Waals surface area contributed by atoms with E-state index in [1.807, 2.05) is 0 Å². The summed E-state index contributed by atoms with van der Waals surface area (Å²) in [4.78, 5) is 0. The standard InChI is InChI=1S/C14H21BrN2/c1-10-7-12(15)5-6-14(10)17-9-11-3-2-4-13(16)8-11/h5-7,11,13,17H,2-4,8-9,16H2,1H3. The summed E-state index contributed by atoms with van der Waals surface area (Å²) in [5, 5.41) is 3.55. The van der Waals surface area contributed by atoms with Gasteiger partial charge in [-0.25, -0.2) is 0 Å². The second-order valence-corrected chi connectivity index (χ2v) is 6.05. The molecule has 17 heavy (non-hydrogen) atoms. The zero-order valence-electron chi connectivity index (χ0n) is 10.4. The number of halogens is 1. The monoisotopic (exact) mass is 296 g/mol. The number of rotatable bonds is 3. The molecule has 2 unspecified atom stereocenters. The third-order valence-electron chi connectivity index (χ3n) is 3.59. The van der Waals surface area contributed by atoms with E-state index < -0.39 is 0 Å².